The van der Waals surface area contributed by atoms with Crippen LogP contribution in [0.1, 0.15) is 40.9 Å². The smallest absolute Gasteiger partial charge is 0.416 e. The number of benzene rings is 3. The van der Waals surface area contributed by atoms with Gasteiger partial charge in [0.25, 0.3) is 0 Å². The number of hydrogen-bond acceptors (Lipinski definition) is 7. The highest BCUT2D eigenvalue weighted by atomic mass is 32.2. The standard InChI is InChI=1S/C31H30F3N3O4S/c1-4-40-29(38)22-10-13-27-25(17-22)36-30(37(27)15-14-20-8-11-24(39-3)12-9-20)42-18-26-19(2)41-28(35-26)21-6-5-7-23(16-21)31(32,33)34/h5-13,16-17,19,26H,4,14-15,18H2,1-3H3. The molecular weight excluding hydrogens is 567 g/mol. The number of aryl methyl sites for hydroxylation is 2. The number of aliphatic imine (C=N–C) groups is 1. The van der Waals surface area contributed by atoms with Crippen LogP contribution in [0.4, 0.5) is 13.2 Å². The van der Waals surface area contributed by atoms with Gasteiger partial charge in [0.05, 0.1) is 41.9 Å². The lowest BCUT2D eigenvalue weighted by molar-refractivity contribution is -0.137. The van der Waals surface area contributed by atoms with E-state index in [-0.39, 0.29) is 24.7 Å². The van der Waals surface area contributed by atoms with Crippen molar-refractivity contribution in [2.45, 2.75) is 50.3 Å². The molecule has 2 atom stereocenters. The van der Waals surface area contributed by atoms with E-state index in [4.69, 9.17) is 19.2 Å². The molecule has 0 amide bonds. The average molecular weight is 598 g/mol. The van der Waals surface area contributed by atoms with Gasteiger partial charge in [0.15, 0.2) is 5.16 Å². The van der Waals surface area contributed by atoms with Crippen LogP contribution in [0.2, 0.25) is 0 Å². The van der Waals surface area contributed by atoms with Crippen molar-refractivity contribution in [3.8, 4) is 5.75 Å². The molecule has 42 heavy (non-hydrogen) atoms. The second-order valence-corrected chi connectivity index (χ2v) is 10.8. The van der Waals surface area contributed by atoms with Gasteiger partial charge in [0, 0.05) is 17.9 Å². The molecule has 0 N–H and O–H groups in total. The van der Waals surface area contributed by atoms with Gasteiger partial charge in [0.2, 0.25) is 5.90 Å². The van der Waals surface area contributed by atoms with Crippen molar-refractivity contribution in [1.29, 1.82) is 0 Å². The van der Waals surface area contributed by atoms with Crippen LogP contribution in [0.3, 0.4) is 0 Å². The van der Waals surface area contributed by atoms with Crippen LogP contribution in [-0.4, -0.2) is 53.0 Å². The summed E-state index contributed by atoms with van der Waals surface area (Å²) in [5, 5.41) is 0.745. The first kappa shape index (κ1) is 29.5. The highest BCUT2D eigenvalue weighted by Crippen LogP contribution is 2.32. The van der Waals surface area contributed by atoms with Gasteiger partial charge in [-0.05, 0) is 74.4 Å². The third kappa shape index (κ3) is 6.56. The zero-order valence-electron chi connectivity index (χ0n) is 23.4. The molecule has 0 saturated heterocycles. The van der Waals surface area contributed by atoms with E-state index >= 15 is 0 Å². The number of carbonyl (C=O) groups is 1. The Morgan fingerprint density at radius 2 is 1.88 bits per heavy atom. The predicted molar refractivity (Wildman–Crippen MR) is 155 cm³/mol. The van der Waals surface area contributed by atoms with E-state index < -0.39 is 17.7 Å². The summed E-state index contributed by atoms with van der Waals surface area (Å²) in [7, 11) is 1.63. The third-order valence-corrected chi connectivity index (χ3v) is 8.03. The van der Waals surface area contributed by atoms with Gasteiger partial charge in [-0.15, -0.1) is 0 Å². The zero-order valence-corrected chi connectivity index (χ0v) is 24.2. The van der Waals surface area contributed by atoms with Crippen LogP contribution in [-0.2, 0) is 28.6 Å². The largest absolute Gasteiger partial charge is 0.497 e. The number of imidazole rings is 1. The maximum atomic E-state index is 13.2. The van der Waals surface area contributed by atoms with E-state index in [2.05, 4.69) is 9.56 Å². The molecule has 2 unspecified atom stereocenters. The molecule has 0 bridgehead atoms. The topological polar surface area (TPSA) is 74.9 Å². The van der Waals surface area contributed by atoms with Gasteiger partial charge in [-0.2, -0.15) is 13.2 Å². The van der Waals surface area contributed by atoms with Crippen molar-refractivity contribution in [2.24, 2.45) is 4.99 Å². The number of halogens is 3. The highest BCUT2D eigenvalue weighted by molar-refractivity contribution is 7.99. The Balaban J connectivity index is 1.39. The van der Waals surface area contributed by atoms with Crippen molar-refractivity contribution in [1.82, 2.24) is 9.55 Å². The first-order chi connectivity index (χ1) is 20.2. The number of aromatic nitrogens is 2. The Labute approximate surface area is 245 Å². The van der Waals surface area contributed by atoms with Crippen molar-refractivity contribution < 1.29 is 32.2 Å². The summed E-state index contributed by atoms with van der Waals surface area (Å²) in [4.78, 5) is 21.8. The second kappa shape index (κ2) is 12.5. The van der Waals surface area contributed by atoms with Crippen LogP contribution in [0, 0.1) is 0 Å². The van der Waals surface area contributed by atoms with Crippen LogP contribution < -0.4 is 4.74 Å². The minimum absolute atomic E-state index is 0.200. The molecule has 11 heteroatoms. The van der Waals surface area contributed by atoms with Crippen LogP contribution in [0.5, 0.6) is 5.75 Å². The van der Waals surface area contributed by atoms with Crippen molar-refractivity contribution in [2.75, 3.05) is 19.5 Å². The van der Waals surface area contributed by atoms with Crippen molar-refractivity contribution in [3.05, 3.63) is 89.0 Å². The van der Waals surface area contributed by atoms with E-state index in [1.807, 2.05) is 37.3 Å². The number of carbonyl (C=O) groups excluding carboxylic acids is 1. The zero-order chi connectivity index (χ0) is 29.9. The SMILES string of the molecule is CCOC(=O)c1ccc2c(c1)nc(SCC1N=C(c3cccc(C(F)(F)F)c3)OC1C)n2CCc1ccc(OC)cc1. The van der Waals surface area contributed by atoms with Gasteiger partial charge in [0.1, 0.15) is 11.9 Å². The molecule has 0 fully saturated rings. The summed E-state index contributed by atoms with van der Waals surface area (Å²) in [5.41, 5.74) is 2.65. The number of rotatable bonds is 10. The van der Waals surface area contributed by atoms with Crippen LogP contribution >= 0.6 is 11.8 Å². The molecule has 1 aliphatic heterocycles. The van der Waals surface area contributed by atoms with E-state index in [0.717, 1.165) is 40.5 Å². The Hall–Kier alpha value is -3.99. The molecule has 0 aliphatic carbocycles. The predicted octanol–water partition coefficient (Wildman–Crippen LogP) is 6.81. The summed E-state index contributed by atoms with van der Waals surface area (Å²) < 4.78 is 58.1. The molecule has 0 radical (unpaired) electrons. The fourth-order valence-corrected chi connectivity index (χ4v) is 5.83. The van der Waals surface area contributed by atoms with Gasteiger partial charge in [-0.1, -0.05) is 30.0 Å². The van der Waals surface area contributed by atoms with E-state index in [0.29, 0.717) is 28.9 Å². The quantitative estimate of drug-likeness (QED) is 0.148. The van der Waals surface area contributed by atoms with Gasteiger partial charge in [-0.25, -0.2) is 14.8 Å². The minimum atomic E-state index is -4.45. The fraction of sp³-hybridized carbons (Fsp3) is 0.323. The first-order valence-electron chi connectivity index (χ1n) is 13.5. The van der Waals surface area contributed by atoms with Gasteiger partial charge in [-0.3, -0.25) is 0 Å². The lowest BCUT2D eigenvalue weighted by Gasteiger charge is -2.13. The number of fused-ring (bicyclic) bond motifs is 1. The molecule has 2 heterocycles. The molecule has 5 rings (SSSR count). The van der Waals surface area contributed by atoms with E-state index in [1.54, 1.807) is 32.2 Å². The van der Waals surface area contributed by atoms with Gasteiger partial charge < -0.3 is 18.8 Å². The molecule has 220 valence electrons. The van der Waals surface area contributed by atoms with E-state index in [9.17, 15) is 18.0 Å². The third-order valence-electron chi connectivity index (χ3n) is 6.95. The van der Waals surface area contributed by atoms with E-state index in [1.165, 1.54) is 17.8 Å². The number of esters is 1. The lowest BCUT2D eigenvalue weighted by Crippen LogP contribution is -2.21. The highest BCUT2D eigenvalue weighted by Gasteiger charge is 2.33. The number of methoxy groups -OCH3 is 1. The monoisotopic (exact) mass is 597 g/mol. The minimum Gasteiger partial charge on any atom is -0.497 e. The number of hydrogen-bond donors (Lipinski definition) is 0. The first-order valence-corrected chi connectivity index (χ1v) is 14.5. The maximum Gasteiger partial charge on any atom is 0.416 e. The molecule has 3 aromatic carbocycles. The normalized spacial score (nSPS) is 16.8. The molecule has 0 spiro atoms. The Morgan fingerprint density at radius 3 is 2.60 bits per heavy atom. The summed E-state index contributed by atoms with van der Waals surface area (Å²) in [6.45, 7) is 4.53. The summed E-state index contributed by atoms with van der Waals surface area (Å²) >= 11 is 1.49. The lowest BCUT2D eigenvalue weighted by atomic mass is 10.1. The number of nitrogens with zero attached hydrogens (tertiary/aromatic N) is 3. The van der Waals surface area contributed by atoms with Crippen molar-refractivity contribution in [3.63, 3.8) is 0 Å². The number of thioether (sulfide) groups is 1. The second-order valence-electron chi connectivity index (χ2n) is 9.78. The summed E-state index contributed by atoms with van der Waals surface area (Å²) in [6.07, 6.45) is -4.04. The molecule has 7 nitrogen and oxygen atoms in total. The van der Waals surface area contributed by atoms with Crippen LogP contribution in [0.25, 0.3) is 11.0 Å². The molecule has 0 saturated carbocycles. The Bertz CT molecular complexity index is 1600. The average Bonchev–Trinajstić information content (AvgIpc) is 3.53. The van der Waals surface area contributed by atoms with Crippen LogP contribution in [0.15, 0.2) is 76.9 Å². The Kier molecular flexibility index (Phi) is 8.77. The maximum absolute atomic E-state index is 13.2. The molecular formula is C31H30F3N3O4S. The van der Waals surface area contributed by atoms with Crippen molar-refractivity contribution >= 4 is 34.7 Å². The summed E-state index contributed by atoms with van der Waals surface area (Å²) in [5.74, 6) is 1.08. The number of alkyl halides is 3. The molecule has 4 aromatic rings. The number of ether oxygens (including phenoxy) is 3. The summed E-state index contributed by atoms with van der Waals surface area (Å²) in [6, 6.07) is 17.9. The fourth-order valence-electron chi connectivity index (χ4n) is 4.65. The van der Waals surface area contributed by atoms with Gasteiger partial charge >= 0.3 is 12.1 Å². The molecule has 1 aliphatic rings. The Morgan fingerprint density at radius 1 is 1.10 bits per heavy atom. The molecule has 1 aromatic heterocycles.